The van der Waals surface area contributed by atoms with Crippen LogP contribution in [0.15, 0.2) is 47.6 Å². The van der Waals surface area contributed by atoms with Crippen molar-refractivity contribution in [1.82, 2.24) is 14.8 Å². The van der Waals surface area contributed by atoms with Gasteiger partial charge in [-0.25, -0.2) is 4.39 Å². The molecule has 1 aromatic heterocycles. The molecule has 0 aliphatic carbocycles. The van der Waals surface area contributed by atoms with Gasteiger partial charge in [-0.2, -0.15) is 0 Å². The molecule has 0 spiro atoms. The van der Waals surface area contributed by atoms with Crippen molar-refractivity contribution in [3.63, 3.8) is 0 Å². The molecule has 2 amide bonds. The normalized spacial score (nSPS) is 10.7. The van der Waals surface area contributed by atoms with Gasteiger partial charge in [-0.3, -0.25) is 9.59 Å². The number of benzene rings is 2. The number of rotatable bonds is 7. The number of anilines is 2. The first kappa shape index (κ1) is 22.1. The van der Waals surface area contributed by atoms with Gasteiger partial charge in [0.1, 0.15) is 11.6 Å². The number of thioether (sulfide) groups is 1. The van der Waals surface area contributed by atoms with Crippen LogP contribution in [0.25, 0.3) is 0 Å². The standard InChI is InChI=1S/C19H16Cl2FN5O2S/c1-27-16(9-17(28)23-12-4-2-11(22)3-5-12)25-26-19(27)30-10-18(29)24-13-6-7-14(20)15(21)8-13/h2-8H,9-10H2,1H3,(H,23,28)(H,24,29). The van der Waals surface area contributed by atoms with Crippen LogP contribution in [0, 0.1) is 5.82 Å². The Morgan fingerprint density at radius 1 is 1.00 bits per heavy atom. The highest BCUT2D eigenvalue weighted by molar-refractivity contribution is 7.99. The molecule has 3 rings (SSSR count). The van der Waals surface area contributed by atoms with Gasteiger partial charge in [0.05, 0.1) is 22.2 Å². The van der Waals surface area contributed by atoms with Gasteiger partial charge in [-0.05, 0) is 42.5 Å². The predicted molar refractivity (Wildman–Crippen MR) is 116 cm³/mol. The first-order chi connectivity index (χ1) is 14.3. The summed E-state index contributed by atoms with van der Waals surface area (Å²) < 4.78 is 14.6. The Balaban J connectivity index is 1.53. The number of aromatic nitrogens is 3. The van der Waals surface area contributed by atoms with Gasteiger partial charge in [0, 0.05) is 18.4 Å². The minimum Gasteiger partial charge on any atom is -0.326 e. The lowest BCUT2D eigenvalue weighted by Crippen LogP contribution is -2.17. The summed E-state index contributed by atoms with van der Waals surface area (Å²) in [5.74, 6) is -0.426. The Kier molecular flexibility index (Phi) is 7.30. The van der Waals surface area contributed by atoms with Crippen molar-refractivity contribution in [2.24, 2.45) is 7.05 Å². The minimum atomic E-state index is -0.383. The third-order valence-corrected chi connectivity index (χ3v) is 5.67. The van der Waals surface area contributed by atoms with Crippen LogP contribution in [0.1, 0.15) is 5.82 Å². The van der Waals surface area contributed by atoms with Gasteiger partial charge in [-0.15, -0.1) is 10.2 Å². The van der Waals surface area contributed by atoms with E-state index in [1.165, 1.54) is 36.0 Å². The quantitative estimate of drug-likeness (QED) is 0.508. The molecule has 30 heavy (non-hydrogen) atoms. The maximum absolute atomic E-state index is 12.9. The van der Waals surface area contributed by atoms with E-state index in [1.807, 2.05) is 0 Å². The highest BCUT2D eigenvalue weighted by Gasteiger charge is 2.15. The van der Waals surface area contributed by atoms with E-state index < -0.39 is 0 Å². The number of amides is 2. The zero-order valence-electron chi connectivity index (χ0n) is 15.7. The SMILES string of the molecule is Cn1c(CC(=O)Nc2ccc(F)cc2)nnc1SCC(=O)Nc1ccc(Cl)c(Cl)c1. The Morgan fingerprint density at radius 3 is 2.37 bits per heavy atom. The molecule has 0 atom stereocenters. The summed E-state index contributed by atoms with van der Waals surface area (Å²) in [6.07, 6.45) is -0.0170. The minimum absolute atomic E-state index is 0.0170. The van der Waals surface area contributed by atoms with Crippen molar-refractivity contribution in [3.8, 4) is 0 Å². The number of nitrogens with one attached hydrogen (secondary N) is 2. The van der Waals surface area contributed by atoms with Gasteiger partial charge in [0.25, 0.3) is 0 Å². The highest BCUT2D eigenvalue weighted by atomic mass is 35.5. The van der Waals surface area contributed by atoms with Crippen LogP contribution >= 0.6 is 35.0 Å². The van der Waals surface area contributed by atoms with Crippen molar-refractivity contribution in [1.29, 1.82) is 0 Å². The fraction of sp³-hybridized carbons (Fsp3) is 0.158. The number of carbonyl (C=O) groups is 2. The van der Waals surface area contributed by atoms with E-state index in [1.54, 1.807) is 29.8 Å². The highest BCUT2D eigenvalue weighted by Crippen LogP contribution is 2.25. The summed E-state index contributed by atoms with van der Waals surface area (Å²) in [4.78, 5) is 24.3. The van der Waals surface area contributed by atoms with Gasteiger partial charge in [0.15, 0.2) is 5.16 Å². The van der Waals surface area contributed by atoms with Crippen LogP contribution in [0.2, 0.25) is 10.0 Å². The van der Waals surface area contributed by atoms with Crippen LogP contribution in [0.5, 0.6) is 0 Å². The Labute approximate surface area is 186 Å². The van der Waals surface area contributed by atoms with E-state index in [9.17, 15) is 14.0 Å². The van der Waals surface area contributed by atoms with E-state index in [4.69, 9.17) is 23.2 Å². The average molecular weight is 468 g/mol. The average Bonchev–Trinajstić information content (AvgIpc) is 3.04. The third-order valence-electron chi connectivity index (χ3n) is 3.91. The maximum atomic E-state index is 12.9. The smallest absolute Gasteiger partial charge is 0.234 e. The zero-order chi connectivity index (χ0) is 21.7. The van der Waals surface area contributed by atoms with Gasteiger partial charge in [-0.1, -0.05) is 35.0 Å². The summed E-state index contributed by atoms with van der Waals surface area (Å²) in [5, 5.41) is 14.6. The van der Waals surface area contributed by atoms with Crippen molar-refractivity contribution in [2.45, 2.75) is 11.6 Å². The largest absolute Gasteiger partial charge is 0.326 e. The molecule has 3 aromatic rings. The number of halogens is 3. The fourth-order valence-corrected chi connectivity index (χ4v) is 3.44. The molecule has 7 nitrogen and oxygen atoms in total. The van der Waals surface area contributed by atoms with E-state index in [2.05, 4.69) is 20.8 Å². The van der Waals surface area contributed by atoms with E-state index in [0.717, 1.165) is 0 Å². The van der Waals surface area contributed by atoms with Crippen LogP contribution in [-0.4, -0.2) is 32.3 Å². The zero-order valence-corrected chi connectivity index (χ0v) is 18.0. The molecule has 2 aromatic carbocycles. The number of hydrogen-bond donors (Lipinski definition) is 2. The topological polar surface area (TPSA) is 88.9 Å². The van der Waals surface area contributed by atoms with Crippen molar-refractivity contribution >= 4 is 58.2 Å². The maximum Gasteiger partial charge on any atom is 0.234 e. The molecule has 11 heteroatoms. The molecular weight excluding hydrogens is 452 g/mol. The van der Waals surface area contributed by atoms with Crippen molar-refractivity contribution in [2.75, 3.05) is 16.4 Å². The van der Waals surface area contributed by atoms with Crippen LogP contribution in [0.4, 0.5) is 15.8 Å². The van der Waals surface area contributed by atoms with Crippen molar-refractivity contribution in [3.05, 3.63) is 64.2 Å². The molecule has 2 N–H and O–H groups in total. The first-order valence-electron chi connectivity index (χ1n) is 8.63. The van der Waals surface area contributed by atoms with Gasteiger partial charge in [0.2, 0.25) is 11.8 Å². The number of nitrogens with zero attached hydrogens (tertiary/aromatic N) is 3. The summed E-state index contributed by atoms with van der Waals surface area (Å²) in [6, 6.07) is 10.3. The summed E-state index contributed by atoms with van der Waals surface area (Å²) >= 11 is 13.0. The Bertz CT molecular complexity index is 1080. The predicted octanol–water partition coefficient (Wildman–Crippen LogP) is 4.17. The monoisotopic (exact) mass is 467 g/mol. The van der Waals surface area contributed by atoms with E-state index in [-0.39, 0.29) is 29.8 Å². The molecule has 156 valence electrons. The second kappa shape index (κ2) is 9.92. The van der Waals surface area contributed by atoms with E-state index >= 15 is 0 Å². The molecule has 0 saturated heterocycles. The summed E-state index contributed by atoms with van der Waals surface area (Å²) in [6.45, 7) is 0. The molecule has 0 radical (unpaired) electrons. The van der Waals surface area contributed by atoms with Crippen LogP contribution in [0.3, 0.4) is 0 Å². The lowest BCUT2D eigenvalue weighted by molar-refractivity contribution is -0.116. The van der Waals surface area contributed by atoms with Gasteiger partial charge >= 0.3 is 0 Å². The van der Waals surface area contributed by atoms with Gasteiger partial charge < -0.3 is 15.2 Å². The molecule has 0 unspecified atom stereocenters. The third kappa shape index (κ3) is 5.94. The fourth-order valence-electron chi connectivity index (χ4n) is 2.41. The Morgan fingerprint density at radius 2 is 1.67 bits per heavy atom. The van der Waals surface area contributed by atoms with Crippen LogP contribution < -0.4 is 10.6 Å². The van der Waals surface area contributed by atoms with Crippen LogP contribution in [-0.2, 0) is 23.1 Å². The second-order valence-corrected chi connectivity index (χ2v) is 7.91. The molecule has 0 saturated carbocycles. The number of carbonyl (C=O) groups excluding carboxylic acids is 2. The lowest BCUT2D eigenvalue weighted by Gasteiger charge is -2.07. The molecule has 0 fully saturated rings. The molecule has 1 heterocycles. The second-order valence-electron chi connectivity index (χ2n) is 6.16. The van der Waals surface area contributed by atoms with Crippen molar-refractivity contribution < 1.29 is 14.0 Å². The molecule has 0 aliphatic rings. The summed E-state index contributed by atoms with van der Waals surface area (Å²) in [7, 11) is 1.71. The molecule has 0 bridgehead atoms. The summed E-state index contributed by atoms with van der Waals surface area (Å²) in [5.41, 5.74) is 1.02. The molecule has 0 aliphatic heterocycles. The lowest BCUT2D eigenvalue weighted by atomic mass is 10.3. The Hall–Kier alpha value is -2.62. The van der Waals surface area contributed by atoms with E-state index in [0.29, 0.717) is 32.4 Å². The first-order valence-corrected chi connectivity index (χ1v) is 10.4. The number of hydrogen-bond acceptors (Lipinski definition) is 5. The molecular formula is C19H16Cl2FN5O2S.